The van der Waals surface area contributed by atoms with Crippen molar-refractivity contribution in [1.29, 1.82) is 0 Å². The van der Waals surface area contributed by atoms with E-state index in [0.29, 0.717) is 0 Å². The van der Waals surface area contributed by atoms with E-state index in [-0.39, 0.29) is 10.5 Å². The lowest BCUT2D eigenvalue weighted by atomic mass is 10.2. The molecule has 0 saturated heterocycles. The molecular weight excluding hydrogens is 286 g/mol. The topological polar surface area (TPSA) is 101 Å². The van der Waals surface area contributed by atoms with Gasteiger partial charge in [-0.3, -0.25) is 4.79 Å². The van der Waals surface area contributed by atoms with Crippen LogP contribution in [0.5, 0.6) is 0 Å². The van der Waals surface area contributed by atoms with E-state index in [2.05, 4.69) is 4.74 Å². The Balaban J connectivity index is 3.10. The van der Waals surface area contributed by atoms with Crippen molar-refractivity contribution in [1.82, 2.24) is 4.31 Å². The lowest BCUT2D eigenvalue weighted by Gasteiger charge is -2.21. The predicted octanol–water partition coefficient (Wildman–Crippen LogP) is 0.567. The molecule has 0 heterocycles. The predicted molar refractivity (Wildman–Crippen MR) is 69.8 cm³/mol. The number of hydrogen-bond donors (Lipinski definition) is 1. The molecule has 1 aromatic carbocycles. The standard InChI is InChI=1S/C12H15NO6S/c1-8(11(14)15)13(2)20(17,18)10-6-4-9(5-7-10)12(16)19-3/h4-8H,1-3H3,(H,14,15). The average Bonchev–Trinajstić information content (AvgIpc) is 2.44. The molecule has 7 nitrogen and oxygen atoms in total. The Bertz CT molecular complexity index is 607. The number of hydrogen-bond acceptors (Lipinski definition) is 5. The summed E-state index contributed by atoms with van der Waals surface area (Å²) in [6, 6.07) is 3.87. The molecule has 0 amide bonds. The summed E-state index contributed by atoms with van der Waals surface area (Å²) in [4.78, 5) is 22.0. The Morgan fingerprint density at radius 2 is 1.75 bits per heavy atom. The van der Waals surface area contributed by atoms with Gasteiger partial charge < -0.3 is 9.84 Å². The van der Waals surface area contributed by atoms with Gasteiger partial charge in [-0.25, -0.2) is 13.2 Å². The number of esters is 1. The molecule has 0 saturated carbocycles. The van der Waals surface area contributed by atoms with Crippen molar-refractivity contribution in [3.8, 4) is 0 Å². The molecule has 0 bridgehead atoms. The van der Waals surface area contributed by atoms with Gasteiger partial charge in [0.05, 0.1) is 17.6 Å². The Morgan fingerprint density at radius 3 is 2.15 bits per heavy atom. The third kappa shape index (κ3) is 3.14. The Labute approximate surface area is 116 Å². The van der Waals surface area contributed by atoms with Gasteiger partial charge in [0.1, 0.15) is 6.04 Å². The highest BCUT2D eigenvalue weighted by Gasteiger charge is 2.29. The molecule has 0 radical (unpaired) electrons. The van der Waals surface area contributed by atoms with Gasteiger partial charge in [0.2, 0.25) is 10.0 Å². The third-order valence-corrected chi connectivity index (χ3v) is 4.80. The highest BCUT2D eigenvalue weighted by Crippen LogP contribution is 2.17. The lowest BCUT2D eigenvalue weighted by molar-refractivity contribution is -0.140. The zero-order valence-corrected chi connectivity index (χ0v) is 12.0. The molecule has 0 aromatic heterocycles. The molecule has 1 unspecified atom stereocenters. The summed E-state index contributed by atoms with van der Waals surface area (Å²) in [5.74, 6) is -1.83. The minimum atomic E-state index is -3.93. The van der Waals surface area contributed by atoms with Crippen LogP contribution in [-0.4, -0.2) is 50.0 Å². The summed E-state index contributed by atoms with van der Waals surface area (Å²) in [6.45, 7) is 1.27. The van der Waals surface area contributed by atoms with Crippen molar-refractivity contribution in [2.45, 2.75) is 17.9 Å². The van der Waals surface area contributed by atoms with Crippen molar-refractivity contribution in [2.24, 2.45) is 0 Å². The van der Waals surface area contributed by atoms with Gasteiger partial charge in [-0.05, 0) is 31.2 Å². The van der Waals surface area contributed by atoms with Crippen molar-refractivity contribution in [2.75, 3.05) is 14.2 Å². The summed E-state index contributed by atoms with van der Waals surface area (Å²) in [5.41, 5.74) is 0.209. The largest absolute Gasteiger partial charge is 0.480 e. The van der Waals surface area contributed by atoms with Crippen LogP contribution in [0.15, 0.2) is 29.2 Å². The number of carbonyl (C=O) groups excluding carboxylic acids is 1. The van der Waals surface area contributed by atoms with E-state index in [1.54, 1.807) is 0 Å². The fraction of sp³-hybridized carbons (Fsp3) is 0.333. The van der Waals surface area contributed by atoms with Gasteiger partial charge >= 0.3 is 11.9 Å². The molecule has 1 aromatic rings. The van der Waals surface area contributed by atoms with Crippen LogP contribution >= 0.6 is 0 Å². The van der Waals surface area contributed by atoms with Crippen molar-refractivity contribution < 1.29 is 27.9 Å². The maximum absolute atomic E-state index is 12.2. The summed E-state index contributed by atoms with van der Waals surface area (Å²) in [7, 11) is -1.53. The SMILES string of the molecule is COC(=O)c1ccc(S(=O)(=O)N(C)C(C)C(=O)O)cc1. The number of rotatable bonds is 5. The fourth-order valence-electron chi connectivity index (χ4n) is 1.41. The summed E-state index contributed by atoms with van der Waals surface area (Å²) < 4.78 is 29.6. The first kappa shape index (κ1) is 16.1. The number of nitrogens with zero attached hydrogens (tertiary/aromatic N) is 1. The highest BCUT2D eigenvalue weighted by atomic mass is 32.2. The van der Waals surface area contributed by atoms with Crippen LogP contribution in [0.2, 0.25) is 0 Å². The summed E-state index contributed by atoms with van der Waals surface area (Å²) in [6.07, 6.45) is 0. The van der Waals surface area contributed by atoms with E-state index < -0.39 is 28.0 Å². The normalized spacial score (nSPS) is 13.0. The molecule has 0 spiro atoms. The second-order valence-corrected chi connectivity index (χ2v) is 6.05. The molecule has 0 aliphatic carbocycles. The average molecular weight is 301 g/mol. The number of likely N-dealkylation sites (N-methyl/N-ethyl adjacent to an activating group) is 1. The van der Waals surface area contributed by atoms with Gasteiger partial charge in [-0.2, -0.15) is 4.31 Å². The minimum absolute atomic E-state index is 0.0965. The number of aliphatic carboxylic acids is 1. The Hall–Kier alpha value is -1.93. The van der Waals surface area contributed by atoms with Gasteiger partial charge in [-0.1, -0.05) is 0 Å². The minimum Gasteiger partial charge on any atom is -0.480 e. The van der Waals surface area contributed by atoms with Crippen molar-refractivity contribution in [3.05, 3.63) is 29.8 Å². The van der Waals surface area contributed by atoms with Crippen LogP contribution in [0.3, 0.4) is 0 Å². The van der Waals surface area contributed by atoms with E-state index >= 15 is 0 Å². The van der Waals surface area contributed by atoms with Crippen LogP contribution in [-0.2, 0) is 19.6 Å². The maximum atomic E-state index is 12.2. The van der Waals surface area contributed by atoms with Crippen LogP contribution in [0.4, 0.5) is 0 Å². The molecule has 0 aliphatic heterocycles. The van der Waals surface area contributed by atoms with E-state index in [1.165, 1.54) is 45.3 Å². The van der Waals surface area contributed by atoms with E-state index in [0.717, 1.165) is 4.31 Å². The second-order valence-electron chi connectivity index (χ2n) is 4.05. The molecule has 1 N–H and O–H groups in total. The smallest absolute Gasteiger partial charge is 0.337 e. The molecular formula is C12H15NO6S. The van der Waals surface area contributed by atoms with Crippen LogP contribution in [0.1, 0.15) is 17.3 Å². The van der Waals surface area contributed by atoms with Crippen molar-refractivity contribution >= 4 is 22.0 Å². The molecule has 1 atom stereocenters. The monoisotopic (exact) mass is 301 g/mol. The molecule has 1 rings (SSSR count). The zero-order valence-electron chi connectivity index (χ0n) is 11.2. The van der Waals surface area contributed by atoms with Crippen LogP contribution in [0.25, 0.3) is 0 Å². The van der Waals surface area contributed by atoms with Gasteiger partial charge in [0, 0.05) is 7.05 Å². The number of benzene rings is 1. The van der Waals surface area contributed by atoms with Gasteiger partial charge in [0.25, 0.3) is 0 Å². The molecule has 8 heteroatoms. The fourth-order valence-corrected chi connectivity index (χ4v) is 2.73. The lowest BCUT2D eigenvalue weighted by Crippen LogP contribution is -2.40. The number of carboxylic acid groups (broad SMARTS) is 1. The molecule has 20 heavy (non-hydrogen) atoms. The zero-order chi connectivity index (χ0) is 15.5. The van der Waals surface area contributed by atoms with Crippen molar-refractivity contribution in [3.63, 3.8) is 0 Å². The third-order valence-electron chi connectivity index (χ3n) is 2.86. The molecule has 0 fully saturated rings. The van der Waals surface area contributed by atoms with Gasteiger partial charge in [-0.15, -0.1) is 0 Å². The van der Waals surface area contributed by atoms with Crippen LogP contribution < -0.4 is 0 Å². The number of methoxy groups -OCH3 is 1. The Kier molecular flexibility index (Phi) is 4.85. The van der Waals surface area contributed by atoms with E-state index in [1.807, 2.05) is 0 Å². The number of sulfonamides is 1. The molecule has 0 aliphatic rings. The number of carbonyl (C=O) groups is 2. The first-order valence-electron chi connectivity index (χ1n) is 5.61. The number of carboxylic acids is 1. The first-order valence-corrected chi connectivity index (χ1v) is 7.05. The van der Waals surface area contributed by atoms with E-state index in [4.69, 9.17) is 5.11 Å². The summed E-state index contributed by atoms with van der Waals surface area (Å²) >= 11 is 0. The first-order chi connectivity index (χ1) is 9.21. The maximum Gasteiger partial charge on any atom is 0.337 e. The molecule has 110 valence electrons. The summed E-state index contributed by atoms with van der Waals surface area (Å²) in [5, 5.41) is 8.84. The van der Waals surface area contributed by atoms with Crippen LogP contribution in [0, 0.1) is 0 Å². The Morgan fingerprint density at radius 1 is 1.25 bits per heavy atom. The van der Waals surface area contributed by atoms with Gasteiger partial charge in [0.15, 0.2) is 0 Å². The second kappa shape index (κ2) is 6.02. The van der Waals surface area contributed by atoms with E-state index in [9.17, 15) is 18.0 Å². The number of ether oxygens (including phenoxy) is 1. The highest BCUT2D eigenvalue weighted by molar-refractivity contribution is 7.89. The quantitative estimate of drug-likeness (QED) is 0.798.